The number of nitrogens with one attached hydrogen (secondary N) is 1. The molecule has 17 heavy (non-hydrogen) atoms. The molecule has 0 unspecified atom stereocenters. The molecule has 0 aliphatic heterocycles. The van der Waals surface area contributed by atoms with Crippen molar-refractivity contribution in [2.75, 3.05) is 13.1 Å². The van der Waals surface area contributed by atoms with Crippen molar-refractivity contribution in [1.29, 1.82) is 0 Å². The molecule has 0 radical (unpaired) electrons. The largest absolute Gasteiger partial charge is 0.478 e. The zero-order chi connectivity index (χ0) is 12.3. The Morgan fingerprint density at radius 1 is 1.35 bits per heavy atom. The maximum Gasteiger partial charge on any atom is 0.331 e. The number of carbonyl (C=O) groups is 1. The summed E-state index contributed by atoms with van der Waals surface area (Å²) in [6, 6.07) is 0. The van der Waals surface area contributed by atoms with E-state index in [0.29, 0.717) is 18.5 Å². The zero-order valence-electron chi connectivity index (χ0n) is 10.6. The van der Waals surface area contributed by atoms with Crippen LogP contribution in [0.25, 0.3) is 0 Å². The molecule has 0 aromatic rings. The molecule has 2 N–H and O–H groups in total. The Morgan fingerprint density at radius 3 is 2.35 bits per heavy atom. The van der Waals surface area contributed by atoms with Crippen molar-refractivity contribution in [3.8, 4) is 0 Å². The van der Waals surface area contributed by atoms with Gasteiger partial charge in [0.05, 0.1) is 0 Å². The van der Waals surface area contributed by atoms with Gasteiger partial charge in [-0.1, -0.05) is 13.0 Å². The molecule has 0 atom stereocenters. The first-order chi connectivity index (χ1) is 8.22. The highest BCUT2D eigenvalue weighted by Gasteiger charge is 2.40. The number of rotatable bonds is 8. The van der Waals surface area contributed by atoms with E-state index in [1.807, 2.05) is 13.0 Å². The summed E-state index contributed by atoms with van der Waals surface area (Å²) in [6.45, 7) is 3.66. The predicted molar refractivity (Wildman–Crippen MR) is 67.8 cm³/mol. The highest BCUT2D eigenvalue weighted by molar-refractivity contribution is 5.86. The maximum absolute atomic E-state index is 10.8. The first-order valence-electron chi connectivity index (χ1n) is 6.85. The van der Waals surface area contributed by atoms with Gasteiger partial charge in [0.2, 0.25) is 0 Å². The molecule has 0 aromatic carbocycles. The van der Waals surface area contributed by atoms with E-state index in [9.17, 15) is 4.79 Å². The third-order valence-corrected chi connectivity index (χ3v) is 3.98. The lowest BCUT2D eigenvalue weighted by Gasteiger charge is -2.15. The van der Waals surface area contributed by atoms with Crippen molar-refractivity contribution in [2.24, 2.45) is 17.8 Å². The smallest absolute Gasteiger partial charge is 0.331 e. The molecule has 2 aliphatic carbocycles. The summed E-state index contributed by atoms with van der Waals surface area (Å²) < 4.78 is 0. The Hall–Kier alpha value is -0.830. The molecule has 2 saturated carbocycles. The molecule has 0 heterocycles. The van der Waals surface area contributed by atoms with Crippen LogP contribution in [-0.2, 0) is 4.79 Å². The Bertz CT molecular complexity index is 291. The highest BCUT2D eigenvalue weighted by atomic mass is 16.4. The van der Waals surface area contributed by atoms with Gasteiger partial charge in [0.15, 0.2) is 0 Å². The molecular formula is C14H23NO2. The summed E-state index contributed by atoms with van der Waals surface area (Å²) in [7, 11) is 0. The lowest BCUT2D eigenvalue weighted by Crippen LogP contribution is -2.26. The van der Waals surface area contributed by atoms with Crippen molar-refractivity contribution in [3.05, 3.63) is 11.6 Å². The fourth-order valence-corrected chi connectivity index (χ4v) is 2.60. The quantitative estimate of drug-likeness (QED) is 0.503. The molecule has 2 rings (SSSR count). The molecule has 0 bridgehead atoms. The van der Waals surface area contributed by atoms with Crippen LogP contribution < -0.4 is 5.32 Å². The Balaban J connectivity index is 1.69. The fraction of sp³-hybridized carbons (Fsp3) is 0.786. The number of hydrogen-bond acceptors (Lipinski definition) is 2. The van der Waals surface area contributed by atoms with Crippen LogP contribution in [0.15, 0.2) is 11.6 Å². The van der Waals surface area contributed by atoms with E-state index >= 15 is 0 Å². The van der Waals surface area contributed by atoms with Gasteiger partial charge < -0.3 is 10.4 Å². The average molecular weight is 237 g/mol. The molecular weight excluding hydrogens is 214 g/mol. The molecule has 0 saturated heterocycles. The lowest BCUT2D eigenvalue weighted by molar-refractivity contribution is -0.132. The summed E-state index contributed by atoms with van der Waals surface area (Å²) >= 11 is 0. The molecule has 3 heteroatoms. The summed E-state index contributed by atoms with van der Waals surface area (Å²) in [5, 5.41) is 12.3. The summed E-state index contributed by atoms with van der Waals surface area (Å²) in [4.78, 5) is 10.8. The minimum atomic E-state index is -0.782. The molecule has 0 amide bonds. The van der Waals surface area contributed by atoms with Crippen molar-refractivity contribution in [1.82, 2.24) is 5.32 Å². The maximum atomic E-state index is 10.8. The molecule has 2 aliphatic rings. The Morgan fingerprint density at radius 2 is 1.94 bits per heavy atom. The first kappa shape index (κ1) is 12.6. The second kappa shape index (κ2) is 5.67. The van der Waals surface area contributed by atoms with Gasteiger partial charge >= 0.3 is 5.97 Å². The van der Waals surface area contributed by atoms with Gasteiger partial charge in [0.1, 0.15) is 0 Å². The molecule has 3 nitrogen and oxygen atoms in total. The van der Waals surface area contributed by atoms with Gasteiger partial charge in [0, 0.05) is 12.1 Å². The van der Waals surface area contributed by atoms with Gasteiger partial charge in [-0.2, -0.15) is 0 Å². The van der Waals surface area contributed by atoms with Crippen LogP contribution >= 0.6 is 0 Å². The Kier molecular flexibility index (Phi) is 4.21. The number of hydrogen-bond donors (Lipinski definition) is 2. The summed E-state index contributed by atoms with van der Waals surface area (Å²) in [5.74, 6) is 2.00. The summed E-state index contributed by atoms with van der Waals surface area (Å²) in [6.07, 6.45) is 8.06. The van der Waals surface area contributed by atoms with E-state index in [2.05, 4.69) is 5.32 Å². The molecule has 0 spiro atoms. The van der Waals surface area contributed by atoms with Crippen LogP contribution in [0, 0.1) is 17.8 Å². The van der Waals surface area contributed by atoms with E-state index in [0.717, 1.165) is 24.3 Å². The molecule has 2 fully saturated rings. The third-order valence-electron chi connectivity index (χ3n) is 3.98. The van der Waals surface area contributed by atoms with Crippen molar-refractivity contribution >= 4 is 5.97 Å². The van der Waals surface area contributed by atoms with Gasteiger partial charge in [-0.15, -0.1) is 0 Å². The SMILES string of the molecule is CCC(=CCNCC(C1CC1)C1CC1)C(=O)O. The normalized spacial score (nSPS) is 20.9. The van der Waals surface area contributed by atoms with E-state index in [1.165, 1.54) is 25.7 Å². The topological polar surface area (TPSA) is 49.3 Å². The van der Waals surface area contributed by atoms with Gasteiger partial charge in [0.25, 0.3) is 0 Å². The van der Waals surface area contributed by atoms with Gasteiger partial charge in [-0.3, -0.25) is 0 Å². The van der Waals surface area contributed by atoms with Gasteiger partial charge in [-0.25, -0.2) is 4.79 Å². The first-order valence-corrected chi connectivity index (χ1v) is 6.85. The molecule has 96 valence electrons. The van der Waals surface area contributed by atoms with E-state index in [-0.39, 0.29) is 0 Å². The second-order valence-corrected chi connectivity index (χ2v) is 5.39. The van der Waals surface area contributed by atoms with Crippen molar-refractivity contribution in [3.63, 3.8) is 0 Å². The number of carboxylic acids is 1. The lowest BCUT2D eigenvalue weighted by atomic mass is 9.98. The minimum Gasteiger partial charge on any atom is -0.478 e. The third kappa shape index (κ3) is 3.84. The van der Waals surface area contributed by atoms with Crippen molar-refractivity contribution < 1.29 is 9.90 Å². The van der Waals surface area contributed by atoms with E-state index in [1.54, 1.807) is 0 Å². The summed E-state index contributed by atoms with van der Waals surface area (Å²) in [5.41, 5.74) is 0.520. The van der Waals surface area contributed by atoms with Crippen LogP contribution in [-0.4, -0.2) is 24.2 Å². The predicted octanol–water partition coefficient (Wildman–Crippen LogP) is 2.43. The van der Waals surface area contributed by atoms with Crippen LogP contribution in [0.4, 0.5) is 0 Å². The Labute approximate surface area is 103 Å². The minimum absolute atomic E-state index is 0.520. The highest BCUT2D eigenvalue weighted by Crippen LogP contribution is 2.48. The standard InChI is InChI=1S/C14H23NO2/c1-2-10(14(16)17)7-8-15-9-13(11-3-4-11)12-5-6-12/h7,11-13,15H,2-6,8-9H2,1H3,(H,16,17). The average Bonchev–Trinajstić information content (AvgIpc) is 3.16. The number of carboxylic acid groups (broad SMARTS) is 1. The fourth-order valence-electron chi connectivity index (χ4n) is 2.60. The van der Waals surface area contributed by atoms with Crippen LogP contribution in [0.3, 0.4) is 0 Å². The van der Waals surface area contributed by atoms with Crippen LogP contribution in [0.5, 0.6) is 0 Å². The van der Waals surface area contributed by atoms with Crippen LogP contribution in [0.2, 0.25) is 0 Å². The van der Waals surface area contributed by atoms with Crippen molar-refractivity contribution in [2.45, 2.75) is 39.0 Å². The monoisotopic (exact) mass is 237 g/mol. The zero-order valence-corrected chi connectivity index (χ0v) is 10.6. The van der Waals surface area contributed by atoms with Crippen LogP contribution in [0.1, 0.15) is 39.0 Å². The molecule has 0 aromatic heterocycles. The number of aliphatic carboxylic acids is 1. The van der Waals surface area contributed by atoms with E-state index in [4.69, 9.17) is 5.11 Å². The second-order valence-electron chi connectivity index (χ2n) is 5.39. The van der Waals surface area contributed by atoms with E-state index < -0.39 is 5.97 Å². The van der Waals surface area contributed by atoms with Gasteiger partial charge in [-0.05, 0) is 56.4 Å².